The number of carboxylic acids is 2. The number of rotatable bonds is 26. The van der Waals surface area contributed by atoms with E-state index >= 15 is 43.2 Å². The average Bonchev–Trinajstić information content (AvgIpc) is 1.69. The highest BCUT2D eigenvalue weighted by molar-refractivity contribution is 8.01. The lowest BCUT2D eigenvalue weighted by molar-refractivity contribution is -0.149. The Morgan fingerprint density at radius 3 is 1.77 bits per heavy atom. The van der Waals surface area contributed by atoms with E-state index in [1.807, 2.05) is 18.6 Å². The van der Waals surface area contributed by atoms with E-state index in [1.165, 1.54) is 43.6 Å². The van der Waals surface area contributed by atoms with Gasteiger partial charge in [0.15, 0.2) is 5.78 Å². The molecule has 139 heavy (non-hydrogen) atoms. The fourth-order valence-corrected chi connectivity index (χ4v) is 19.8. The number of aromatic nitrogens is 2. The molecule has 4 saturated heterocycles. The number of unbranched alkanes of at least 4 members (excludes halogenated alkanes) is 2. The molecular formula is C94H132ClN19O23S2. The number of fused-ring (bicyclic) bond motifs is 5. The van der Waals surface area contributed by atoms with Gasteiger partial charge in [0.05, 0.1) is 30.6 Å². The van der Waals surface area contributed by atoms with Gasteiger partial charge in [-0.1, -0.05) is 114 Å². The van der Waals surface area contributed by atoms with Crippen LogP contribution >= 0.6 is 23.4 Å². The van der Waals surface area contributed by atoms with Crippen molar-refractivity contribution in [3.8, 4) is 0 Å². The number of carboxylic acid groups (broad SMARTS) is 2. The number of amides is 15. The molecule has 15 atom stereocenters. The lowest BCUT2D eigenvalue weighted by Gasteiger charge is -2.38. The first-order valence-corrected chi connectivity index (χ1v) is 50.2. The van der Waals surface area contributed by atoms with E-state index < -0.39 is 276 Å². The van der Waals surface area contributed by atoms with Crippen molar-refractivity contribution in [2.75, 3.05) is 58.8 Å². The van der Waals surface area contributed by atoms with Crippen LogP contribution in [0.1, 0.15) is 174 Å². The van der Waals surface area contributed by atoms with Crippen LogP contribution in [0.2, 0.25) is 5.02 Å². The topological polar surface area (TPSA) is 625 Å². The van der Waals surface area contributed by atoms with E-state index in [0.29, 0.717) is 82.0 Å². The molecule has 0 aliphatic carbocycles. The molecule has 2 aromatic heterocycles. The number of nitrogens with zero attached hydrogens (tertiary/aromatic N) is 6. The second-order valence-electron chi connectivity index (χ2n) is 37.1. The van der Waals surface area contributed by atoms with Gasteiger partial charge in [0.1, 0.15) is 79.0 Å². The zero-order valence-electron chi connectivity index (χ0n) is 79.7. The number of primary amides is 1. The maximum atomic E-state index is 16.1. The minimum atomic E-state index is -4.07. The number of thioether (sulfide) groups is 1. The molecule has 15 amide bonds. The summed E-state index contributed by atoms with van der Waals surface area (Å²) < 4.78 is 26.6. The third-order valence-electron chi connectivity index (χ3n) is 25.6. The fraction of sp³-hybridized carbons (Fsp3) is 0.574. The lowest BCUT2D eigenvalue weighted by atomic mass is 9.90. The summed E-state index contributed by atoms with van der Waals surface area (Å²) in [4.78, 5) is 274. The molecule has 0 bridgehead atoms. The van der Waals surface area contributed by atoms with Crippen molar-refractivity contribution in [2.24, 2.45) is 29.0 Å². The summed E-state index contributed by atoms with van der Waals surface area (Å²) >= 11 is 7.15. The van der Waals surface area contributed by atoms with Crippen LogP contribution < -0.4 is 64.5 Å². The van der Waals surface area contributed by atoms with Crippen molar-refractivity contribution in [1.29, 1.82) is 0 Å². The van der Waals surface area contributed by atoms with Crippen LogP contribution in [0.3, 0.4) is 0 Å². The summed E-state index contributed by atoms with van der Waals surface area (Å²) in [6, 6.07) is -0.742. The van der Waals surface area contributed by atoms with Gasteiger partial charge in [0.25, 0.3) is 5.91 Å². The molecule has 19 N–H and O–H groups in total. The van der Waals surface area contributed by atoms with Crippen LogP contribution in [0, 0.1) is 11.8 Å². The second-order valence-corrected chi connectivity index (χ2v) is 40.9. The van der Waals surface area contributed by atoms with Crippen LogP contribution in [0.15, 0.2) is 85.2 Å². The van der Waals surface area contributed by atoms with Crippen molar-refractivity contribution in [2.45, 2.75) is 272 Å². The third-order valence-corrected chi connectivity index (χ3v) is 27.8. The Bertz CT molecular complexity index is 5440. The first kappa shape index (κ1) is 111. The summed E-state index contributed by atoms with van der Waals surface area (Å²) in [6.07, 6.45) is -0.251. The van der Waals surface area contributed by atoms with Gasteiger partial charge in [-0.05, 0) is 138 Å². The first-order valence-electron chi connectivity index (χ1n) is 47.0. The van der Waals surface area contributed by atoms with Crippen molar-refractivity contribution < 1.29 is 110 Å². The number of likely N-dealkylation sites (N-methyl/N-ethyl adjacent to an activating group) is 2. The molecule has 760 valence electrons. The van der Waals surface area contributed by atoms with Crippen LogP contribution in [0.25, 0.3) is 21.8 Å². The summed E-state index contributed by atoms with van der Waals surface area (Å²) in [5.74, 6) is -20.4. The minimum absolute atomic E-state index is 0.000351. The highest BCUT2D eigenvalue weighted by Gasteiger charge is 2.48. The number of H-pyrrole nitrogens is 1. The van der Waals surface area contributed by atoms with E-state index in [2.05, 4.69) is 47.5 Å². The minimum Gasteiger partial charge on any atom is -0.481 e. The van der Waals surface area contributed by atoms with Crippen molar-refractivity contribution >= 4 is 162 Å². The number of ketones is 1. The molecule has 4 aliphatic heterocycles. The largest absolute Gasteiger partial charge is 0.481 e. The van der Waals surface area contributed by atoms with E-state index in [1.54, 1.807) is 92.8 Å². The number of Topliss-reactive ketones (excluding diaryl/α,β-unsaturated/α-hetero) is 1. The predicted molar refractivity (Wildman–Crippen MR) is 514 cm³/mol. The van der Waals surface area contributed by atoms with E-state index in [-0.39, 0.29) is 83.3 Å². The van der Waals surface area contributed by atoms with Gasteiger partial charge in [-0.15, -0.1) is 11.8 Å². The van der Waals surface area contributed by atoms with Crippen LogP contribution in [0.5, 0.6) is 0 Å². The van der Waals surface area contributed by atoms with Crippen molar-refractivity contribution in [3.05, 3.63) is 107 Å². The van der Waals surface area contributed by atoms with Gasteiger partial charge in [-0.2, -0.15) is 0 Å². The Balaban J connectivity index is 1.12. The Morgan fingerprint density at radius 2 is 1.14 bits per heavy atom. The maximum Gasteiger partial charge on any atom is 0.305 e. The second kappa shape index (κ2) is 50.6. The summed E-state index contributed by atoms with van der Waals surface area (Å²) in [5.41, 5.74) is 20.8. The Labute approximate surface area is 815 Å². The number of aliphatic hydroxyl groups excluding tert-OH is 1. The van der Waals surface area contributed by atoms with Gasteiger partial charge in [-0.25, -0.2) is 8.42 Å². The number of carbonyl (C=O) groups is 18. The monoisotopic (exact) mass is 1990 g/mol. The number of piperidine rings is 1. The van der Waals surface area contributed by atoms with Crippen LogP contribution in [-0.2, 0) is 122 Å². The Morgan fingerprint density at radius 1 is 0.583 bits per heavy atom. The number of aromatic amines is 1. The van der Waals surface area contributed by atoms with Crippen molar-refractivity contribution in [1.82, 2.24) is 81.3 Å². The van der Waals surface area contributed by atoms with E-state index in [0.717, 1.165) is 37.6 Å². The zero-order valence-corrected chi connectivity index (χ0v) is 82.1. The average molecular weight is 2000 g/mol. The number of aliphatic hydroxyl groups is 1. The third kappa shape index (κ3) is 30.2. The number of aliphatic carboxylic acids is 2. The SMILES string of the molecule is CCCC[C@H]1C(=O)N(C)[C@@H](CCCC)C(=O)N[C@@H](CC(C)C)C(=O)N[C@H](C(N)=O)C(C)(C)SCC(=O)N[C@@H](Cc2ccc(Cl)cc2)C(=O)N2CCCC[C@H]2C(=O)N[C@@H](CC(=O)O)C(=O)N2CCC[C@H]2C(=O)N[C@@H](CN)C(=O)N[C@@H](CCC(=O)O)C(=O)N2C[C@H](O)C[C@H]2C(=O)C[C@@H](Cc2c[nH]c3ccccc23)C(=O)N[C@@H](CCN)C(=O)N[C@@H](Cc2cn(CC(=O)NS(C)(=O)=O)c3ccccc23)C(=O)N1C. The molecule has 6 heterocycles. The van der Waals surface area contributed by atoms with Crippen LogP contribution in [0.4, 0.5) is 0 Å². The molecule has 0 unspecified atom stereocenters. The summed E-state index contributed by atoms with van der Waals surface area (Å²) in [7, 11) is -1.40. The lowest BCUT2D eigenvalue weighted by Crippen LogP contribution is -2.62. The number of sulfonamides is 1. The molecule has 42 nitrogen and oxygen atoms in total. The number of benzene rings is 3. The highest BCUT2D eigenvalue weighted by Crippen LogP contribution is 2.33. The number of para-hydroxylation sites is 2. The molecule has 0 saturated carbocycles. The summed E-state index contributed by atoms with van der Waals surface area (Å²) in [6.45, 7) is 7.84. The Hall–Kier alpha value is -12.1. The van der Waals surface area contributed by atoms with Crippen molar-refractivity contribution in [3.63, 3.8) is 0 Å². The predicted octanol–water partition coefficient (Wildman–Crippen LogP) is 0.406. The number of nitrogens with one attached hydrogen (secondary N) is 10. The van der Waals surface area contributed by atoms with Gasteiger partial charge in [-0.3, -0.25) is 91.0 Å². The van der Waals surface area contributed by atoms with Crippen LogP contribution in [-0.4, -0.2) is 312 Å². The molecule has 5 aromatic rings. The molecule has 0 radical (unpaired) electrons. The molecular weight excluding hydrogens is 1860 g/mol. The first-order chi connectivity index (χ1) is 65.8. The Kier molecular flexibility index (Phi) is 40.3. The van der Waals surface area contributed by atoms with E-state index in [9.17, 15) is 66.9 Å². The number of hydrogen-bond acceptors (Lipinski definition) is 24. The number of carbonyl (C=O) groups excluding carboxylic acids is 16. The van der Waals surface area contributed by atoms with Gasteiger partial charge >= 0.3 is 11.9 Å². The molecule has 45 heteroatoms. The van der Waals surface area contributed by atoms with E-state index in [4.69, 9.17) is 28.8 Å². The summed E-state index contributed by atoms with van der Waals surface area (Å²) in [5, 5.41) is 54.6. The van der Waals surface area contributed by atoms with Gasteiger partial charge < -0.3 is 109 Å². The molecule has 4 fully saturated rings. The fourth-order valence-electron chi connectivity index (χ4n) is 18.3. The molecule has 0 spiro atoms. The normalized spacial score (nSPS) is 25.5. The maximum absolute atomic E-state index is 16.1. The smallest absolute Gasteiger partial charge is 0.305 e. The highest BCUT2D eigenvalue weighted by atomic mass is 35.5. The number of hydrogen-bond donors (Lipinski definition) is 16. The van der Waals surface area contributed by atoms with Gasteiger partial charge in [0, 0.05) is 122 Å². The number of nitrogens with two attached hydrogens (primary N) is 3. The number of halogens is 1. The zero-order chi connectivity index (χ0) is 102. The molecule has 9 rings (SSSR count). The molecule has 4 aliphatic rings. The quantitative estimate of drug-likeness (QED) is 0.0356. The van der Waals surface area contributed by atoms with Gasteiger partial charge in [0.2, 0.25) is 92.7 Å². The standard InChI is InChI=1S/C94H132ClN19O23S2/c1-10-12-24-70-86(128)103-64(39-52(3)4)84(126)107-80(81(98)123)94(5,6)138-51-77(118)100-65(40-53-29-31-57(95)32-30-53)91(133)112-37-19-18-27-71(112)87(129)105-67(45-79(121)122)92(134)113-38-20-28-72(113)88(130)106-68(46-97)85(127)102-63(33-34-78(119)120)90(132)114-49-58(115)44-74(114)75(116)43-54(41-55-47-99-61-23-16-14-21-59(55)61)82(124)101-62(35-36-96)83(125)104-66(89(131)110(8)73(25-13-11-2)93(135)109(70)7)42-56-48-111(50-76(117)108-139(9,136)137)69-26-17-15-22-60(56)69/h14-17,21-23,26,29-32,47-48,52,54,58,62-68,70-74,80,99,115H,10-13,18-20,24-25,27-28,33-46,49-51,96-97H2,1-9H3,(H2,98,123)(H,100,118)(H,101,124)(H,102,127)(H,103,128)(H,104,125)(H,105,129)(H,106,130)(H,107,126)(H,108,117)(H,119,120)(H,121,122)/t54-,58-,62+,63+,64+,65+,66+,67+,68+,70+,71+,72+,73+,74+,80-/m1/s1. The molecule has 3 aromatic carbocycles.